The van der Waals surface area contributed by atoms with E-state index in [9.17, 15) is 4.79 Å². The fraction of sp³-hybridized carbons (Fsp3) is 0.385. The molecule has 0 aliphatic rings. The molecule has 1 rings (SSSR count). The topological polar surface area (TPSA) is 73.1 Å². The molecule has 1 aromatic carbocycles. The van der Waals surface area contributed by atoms with Crippen molar-refractivity contribution in [3.05, 3.63) is 28.8 Å². The minimum absolute atomic E-state index is 0.0191. The van der Waals surface area contributed by atoms with Crippen LogP contribution < -0.4 is 5.32 Å². The van der Waals surface area contributed by atoms with Gasteiger partial charge in [-0.25, -0.2) is 0 Å². The lowest BCUT2D eigenvalue weighted by Crippen LogP contribution is -2.23. The van der Waals surface area contributed by atoms with Crippen molar-refractivity contribution in [3.63, 3.8) is 0 Å². The first-order chi connectivity index (χ1) is 8.56. The van der Waals surface area contributed by atoms with Crippen molar-refractivity contribution in [2.45, 2.75) is 32.2 Å². The molecule has 2 N–H and O–H groups in total. The number of hydrogen-bond acceptors (Lipinski definition) is 3. The molecule has 0 spiro atoms. The normalized spacial score (nSPS) is 11.6. The summed E-state index contributed by atoms with van der Waals surface area (Å²) in [5.74, 6) is -0.860. The Kier molecular flexibility index (Phi) is 5.47. The lowest BCUT2D eigenvalue weighted by Gasteiger charge is -2.18. The van der Waals surface area contributed by atoms with Crippen LogP contribution in [0.15, 0.2) is 18.2 Å². The number of nitrogens with zero attached hydrogens (tertiary/aromatic N) is 1. The summed E-state index contributed by atoms with van der Waals surface area (Å²) in [5.41, 5.74) is 1.05. The SMILES string of the molecule is CCCC(CC(=O)O)Nc1cc(Cl)ccc1C#N. The number of carboxylic acid groups (broad SMARTS) is 1. The van der Waals surface area contributed by atoms with Crippen LogP contribution in [0.2, 0.25) is 5.02 Å². The standard InChI is InChI=1S/C13H15ClN2O2/c1-2-3-11(7-13(17)18)16-12-6-10(14)5-4-9(12)8-15/h4-6,11,16H,2-3,7H2,1H3,(H,17,18). The minimum atomic E-state index is -0.860. The van der Waals surface area contributed by atoms with E-state index in [1.807, 2.05) is 6.92 Å². The Morgan fingerprint density at radius 1 is 1.61 bits per heavy atom. The largest absolute Gasteiger partial charge is 0.481 e. The third kappa shape index (κ3) is 4.27. The molecule has 0 saturated heterocycles. The number of carbonyl (C=O) groups is 1. The Morgan fingerprint density at radius 3 is 2.89 bits per heavy atom. The summed E-state index contributed by atoms with van der Waals surface area (Å²) in [6, 6.07) is 6.76. The molecule has 0 aromatic heterocycles. The lowest BCUT2D eigenvalue weighted by atomic mass is 10.1. The van der Waals surface area contributed by atoms with Crippen molar-refractivity contribution in [2.75, 3.05) is 5.32 Å². The van der Waals surface area contributed by atoms with Crippen LogP contribution in [0.1, 0.15) is 31.7 Å². The van der Waals surface area contributed by atoms with E-state index in [0.29, 0.717) is 16.3 Å². The quantitative estimate of drug-likeness (QED) is 0.829. The van der Waals surface area contributed by atoms with Crippen molar-refractivity contribution >= 4 is 23.3 Å². The molecule has 1 unspecified atom stereocenters. The highest BCUT2D eigenvalue weighted by Gasteiger charge is 2.14. The van der Waals surface area contributed by atoms with E-state index in [-0.39, 0.29) is 12.5 Å². The van der Waals surface area contributed by atoms with Gasteiger partial charge in [0.05, 0.1) is 17.7 Å². The van der Waals surface area contributed by atoms with Gasteiger partial charge in [-0.1, -0.05) is 24.9 Å². The molecule has 1 aromatic rings. The number of anilines is 1. The second kappa shape index (κ2) is 6.87. The minimum Gasteiger partial charge on any atom is -0.481 e. The molecule has 5 heteroatoms. The predicted octanol–water partition coefficient (Wildman–Crippen LogP) is 3.27. The molecule has 96 valence electrons. The van der Waals surface area contributed by atoms with E-state index in [1.165, 1.54) is 0 Å². The summed E-state index contributed by atoms with van der Waals surface area (Å²) in [6.07, 6.45) is 1.61. The summed E-state index contributed by atoms with van der Waals surface area (Å²) in [4.78, 5) is 10.8. The maximum Gasteiger partial charge on any atom is 0.305 e. The molecule has 0 aliphatic carbocycles. The maximum absolute atomic E-state index is 10.8. The number of halogens is 1. The van der Waals surface area contributed by atoms with Gasteiger partial charge in [0.2, 0.25) is 0 Å². The van der Waals surface area contributed by atoms with Gasteiger partial charge in [0.25, 0.3) is 0 Å². The first kappa shape index (κ1) is 14.3. The molecular weight excluding hydrogens is 252 g/mol. The summed E-state index contributed by atoms with van der Waals surface area (Å²) < 4.78 is 0. The average Bonchev–Trinajstić information content (AvgIpc) is 2.28. The van der Waals surface area contributed by atoms with E-state index in [0.717, 1.165) is 12.8 Å². The first-order valence-corrected chi connectivity index (χ1v) is 6.12. The highest BCUT2D eigenvalue weighted by molar-refractivity contribution is 6.30. The van der Waals surface area contributed by atoms with Crippen LogP contribution in [0.4, 0.5) is 5.69 Å². The number of hydrogen-bond donors (Lipinski definition) is 2. The molecule has 1 atom stereocenters. The Labute approximate surface area is 111 Å². The first-order valence-electron chi connectivity index (χ1n) is 5.74. The molecule has 0 radical (unpaired) electrons. The summed E-state index contributed by atoms with van der Waals surface area (Å²) in [5, 5.41) is 21.4. The molecule has 0 fully saturated rings. The Morgan fingerprint density at radius 2 is 2.33 bits per heavy atom. The second-order valence-electron chi connectivity index (χ2n) is 4.03. The van der Waals surface area contributed by atoms with Crippen molar-refractivity contribution in [3.8, 4) is 6.07 Å². The number of aliphatic carboxylic acids is 1. The molecule has 18 heavy (non-hydrogen) atoms. The van der Waals surface area contributed by atoms with Crippen molar-refractivity contribution < 1.29 is 9.90 Å². The number of carboxylic acids is 1. The zero-order valence-corrected chi connectivity index (χ0v) is 10.9. The third-order valence-corrected chi connectivity index (χ3v) is 2.75. The predicted molar refractivity (Wildman–Crippen MR) is 70.7 cm³/mol. The third-order valence-electron chi connectivity index (χ3n) is 2.52. The fourth-order valence-corrected chi connectivity index (χ4v) is 1.91. The molecule has 0 saturated carbocycles. The zero-order valence-electron chi connectivity index (χ0n) is 10.1. The molecule has 0 aliphatic heterocycles. The van der Waals surface area contributed by atoms with Crippen molar-refractivity contribution in [1.82, 2.24) is 0 Å². The summed E-state index contributed by atoms with van der Waals surface area (Å²) >= 11 is 5.87. The van der Waals surface area contributed by atoms with Crippen molar-refractivity contribution in [1.29, 1.82) is 5.26 Å². The number of rotatable bonds is 6. The highest BCUT2D eigenvalue weighted by Crippen LogP contribution is 2.22. The van der Waals surface area contributed by atoms with Crippen LogP contribution in [0.3, 0.4) is 0 Å². The van der Waals surface area contributed by atoms with Gasteiger partial charge in [0.1, 0.15) is 6.07 Å². The highest BCUT2D eigenvalue weighted by atomic mass is 35.5. The Bertz CT molecular complexity index is 469. The van der Waals surface area contributed by atoms with Crippen LogP contribution >= 0.6 is 11.6 Å². The number of nitriles is 1. The Balaban J connectivity index is 2.89. The van der Waals surface area contributed by atoms with Crippen LogP contribution in [0, 0.1) is 11.3 Å². The number of nitrogens with one attached hydrogen (secondary N) is 1. The van der Waals surface area contributed by atoms with E-state index < -0.39 is 5.97 Å². The van der Waals surface area contributed by atoms with Gasteiger partial charge in [-0.15, -0.1) is 0 Å². The average molecular weight is 267 g/mol. The van der Waals surface area contributed by atoms with Crippen LogP contribution in [0.5, 0.6) is 0 Å². The molecule has 0 bridgehead atoms. The van der Waals surface area contributed by atoms with E-state index in [4.69, 9.17) is 22.0 Å². The second-order valence-corrected chi connectivity index (χ2v) is 4.47. The van der Waals surface area contributed by atoms with Crippen molar-refractivity contribution in [2.24, 2.45) is 0 Å². The number of benzene rings is 1. The van der Waals surface area contributed by atoms with E-state index >= 15 is 0 Å². The van der Waals surface area contributed by atoms with Crippen LogP contribution in [-0.4, -0.2) is 17.1 Å². The van der Waals surface area contributed by atoms with Gasteiger partial charge in [0, 0.05) is 11.1 Å². The molecular formula is C13H15ClN2O2. The zero-order chi connectivity index (χ0) is 13.5. The molecule has 4 nitrogen and oxygen atoms in total. The summed E-state index contributed by atoms with van der Waals surface area (Å²) in [7, 11) is 0. The smallest absolute Gasteiger partial charge is 0.305 e. The molecule has 0 heterocycles. The van der Waals surface area contributed by atoms with E-state index in [1.54, 1.807) is 18.2 Å². The van der Waals surface area contributed by atoms with Gasteiger partial charge < -0.3 is 10.4 Å². The lowest BCUT2D eigenvalue weighted by molar-refractivity contribution is -0.137. The van der Waals surface area contributed by atoms with Gasteiger partial charge in [0.15, 0.2) is 0 Å². The monoisotopic (exact) mass is 266 g/mol. The van der Waals surface area contributed by atoms with Gasteiger partial charge in [-0.05, 0) is 24.6 Å². The van der Waals surface area contributed by atoms with Gasteiger partial charge in [-0.3, -0.25) is 4.79 Å². The van der Waals surface area contributed by atoms with Crippen LogP contribution in [-0.2, 0) is 4.79 Å². The maximum atomic E-state index is 10.8. The van der Waals surface area contributed by atoms with E-state index in [2.05, 4.69) is 11.4 Å². The molecule has 0 amide bonds. The fourth-order valence-electron chi connectivity index (χ4n) is 1.74. The Hall–Kier alpha value is -1.73. The van der Waals surface area contributed by atoms with Gasteiger partial charge >= 0.3 is 5.97 Å². The van der Waals surface area contributed by atoms with Crippen LogP contribution in [0.25, 0.3) is 0 Å². The summed E-state index contributed by atoms with van der Waals surface area (Å²) in [6.45, 7) is 1.99. The van der Waals surface area contributed by atoms with Gasteiger partial charge in [-0.2, -0.15) is 5.26 Å².